The first-order chi connectivity index (χ1) is 9.95. The van der Waals surface area contributed by atoms with E-state index in [4.69, 9.17) is 0 Å². The van der Waals surface area contributed by atoms with Gasteiger partial charge in [0.05, 0.1) is 4.90 Å². The van der Waals surface area contributed by atoms with Crippen LogP contribution in [0, 0.1) is 0 Å². The van der Waals surface area contributed by atoms with Gasteiger partial charge in [0, 0.05) is 0 Å². The molecule has 0 aromatic heterocycles. The molecule has 0 saturated carbocycles. The minimum atomic E-state index is -4.33. The van der Waals surface area contributed by atoms with Crippen LogP contribution in [0.4, 0.5) is 0 Å². The molecule has 22 heavy (non-hydrogen) atoms. The smallest absolute Gasteiger partial charge is 0.744 e. The SMILES string of the molecule is CCCCCCCCCC(C)c1ccc(S(=O)(=O)[O-])cc1.[Na+]. The van der Waals surface area contributed by atoms with Crippen LogP contribution in [0.1, 0.15) is 76.7 Å². The Hall–Kier alpha value is 0.130. The topological polar surface area (TPSA) is 57.2 Å². The van der Waals surface area contributed by atoms with Crippen LogP contribution in [-0.2, 0) is 10.1 Å². The zero-order chi connectivity index (χ0) is 15.7. The molecule has 1 aromatic rings. The Bertz CT molecular complexity index is 497. The van der Waals surface area contributed by atoms with Crippen molar-refractivity contribution in [3.8, 4) is 0 Å². The number of hydrogen-bond acceptors (Lipinski definition) is 3. The van der Waals surface area contributed by atoms with Gasteiger partial charge in [-0.2, -0.15) is 0 Å². The second kappa shape index (κ2) is 11.6. The molecule has 0 fully saturated rings. The zero-order valence-electron chi connectivity index (χ0n) is 14.2. The van der Waals surface area contributed by atoms with E-state index in [0.717, 1.165) is 12.0 Å². The molecular weight excluding hydrogens is 307 g/mol. The van der Waals surface area contributed by atoms with Gasteiger partial charge in [-0.1, -0.05) is 70.9 Å². The van der Waals surface area contributed by atoms with Crippen LogP contribution >= 0.6 is 0 Å². The summed E-state index contributed by atoms with van der Waals surface area (Å²) in [5.74, 6) is 0.407. The minimum Gasteiger partial charge on any atom is -0.744 e. The van der Waals surface area contributed by atoms with Crippen LogP contribution in [0.5, 0.6) is 0 Å². The molecule has 3 nitrogen and oxygen atoms in total. The maximum atomic E-state index is 10.9. The normalized spacial score (nSPS) is 12.7. The Labute approximate surface area is 157 Å². The Morgan fingerprint density at radius 1 is 0.955 bits per heavy atom. The number of unbranched alkanes of at least 4 members (excludes halogenated alkanes) is 6. The predicted octanol–water partition coefficient (Wildman–Crippen LogP) is 1.84. The van der Waals surface area contributed by atoms with E-state index in [1.54, 1.807) is 12.1 Å². The van der Waals surface area contributed by atoms with E-state index < -0.39 is 10.1 Å². The summed E-state index contributed by atoms with van der Waals surface area (Å²) in [6, 6.07) is 6.35. The molecule has 0 spiro atoms. The van der Waals surface area contributed by atoms with Gasteiger partial charge in [0.2, 0.25) is 0 Å². The van der Waals surface area contributed by atoms with E-state index >= 15 is 0 Å². The van der Waals surface area contributed by atoms with Crippen molar-refractivity contribution >= 4 is 10.1 Å². The molecular formula is C17H27NaO3S. The third-order valence-electron chi connectivity index (χ3n) is 3.98. The Kier molecular flexibility index (Phi) is 11.7. The molecule has 0 N–H and O–H groups in total. The molecule has 5 heteroatoms. The van der Waals surface area contributed by atoms with E-state index in [1.165, 1.54) is 57.1 Å². The van der Waals surface area contributed by atoms with E-state index in [9.17, 15) is 13.0 Å². The number of benzene rings is 1. The van der Waals surface area contributed by atoms with Gasteiger partial charge in [-0.3, -0.25) is 0 Å². The van der Waals surface area contributed by atoms with Crippen molar-refractivity contribution in [3.05, 3.63) is 29.8 Å². The molecule has 0 amide bonds. The molecule has 0 bridgehead atoms. The van der Waals surface area contributed by atoms with Gasteiger partial charge in [-0.05, 0) is 30.0 Å². The van der Waals surface area contributed by atoms with Crippen molar-refractivity contribution in [2.75, 3.05) is 0 Å². The summed E-state index contributed by atoms with van der Waals surface area (Å²) in [7, 11) is -4.33. The van der Waals surface area contributed by atoms with Gasteiger partial charge < -0.3 is 4.55 Å². The average molecular weight is 334 g/mol. The van der Waals surface area contributed by atoms with E-state index in [-0.39, 0.29) is 34.5 Å². The summed E-state index contributed by atoms with van der Waals surface area (Å²) < 4.78 is 32.6. The van der Waals surface area contributed by atoms with Crippen LogP contribution in [0.25, 0.3) is 0 Å². The fraction of sp³-hybridized carbons (Fsp3) is 0.647. The van der Waals surface area contributed by atoms with Gasteiger partial charge in [-0.15, -0.1) is 0 Å². The maximum Gasteiger partial charge on any atom is 1.00 e. The Morgan fingerprint density at radius 2 is 1.45 bits per heavy atom. The van der Waals surface area contributed by atoms with Crippen molar-refractivity contribution in [2.45, 2.75) is 76.0 Å². The monoisotopic (exact) mass is 334 g/mol. The van der Waals surface area contributed by atoms with Crippen LogP contribution in [0.3, 0.4) is 0 Å². The zero-order valence-corrected chi connectivity index (χ0v) is 17.0. The number of rotatable bonds is 10. The molecule has 0 aliphatic heterocycles. The van der Waals surface area contributed by atoms with E-state index in [2.05, 4.69) is 13.8 Å². The van der Waals surface area contributed by atoms with Gasteiger partial charge in [0.25, 0.3) is 0 Å². The summed E-state index contributed by atoms with van der Waals surface area (Å²) in [6.07, 6.45) is 10.2. The van der Waals surface area contributed by atoms with Crippen molar-refractivity contribution in [2.24, 2.45) is 0 Å². The molecule has 0 radical (unpaired) electrons. The first-order valence-corrected chi connectivity index (χ1v) is 9.42. The van der Waals surface area contributed by atoms with Crippen molar-refractivity contribution < 1.29 is 42.5 Å². The average Bonchev–Trinajstić information content (AvgIpc) is 2.45. The number of hydrogen-bond donors (Lipinski definition) is 0. The minimum absolute atomic E-state index is 0. The molecule has 1 rings (SSSR count). The van der Waals surface area contributed by atoms with Crippen LogP contribution < -0.4 is 29.6 Å². The van der Waals surface area contributed by atoms with E-state index in [0.29, 0.717) is 5.92 Å². The summed E-state index contributed by atoms with van der Waals surface area (Å²) in [4.78, 5) is -0.144. The van der Waals surface area contributed by atoms with Crippen molar-refractivity contribution in [1.29, 1.82) is 0 Å². The van der Waals surface area contributed by atoms with Crippen molar-refractivity contribution in [1.82, 2.24) is 0 Å². The largest absolute Gasteiger partial charge is 1.00 e. The summed E-state index contributed by atoms with van der Waals surface area (Å²) in [5.41, 5.74) is 1.10. The third-order valence-corrected chi connectivity index (χ3v) is 4.83. The van der Waals surface area contributed by atoms with E-state index in [1.807, 2.05) is 0 Å². The van der Waals surface area contributed by atoms with Crippen molar-refractivity contribution in [3.63, 3.8) is 0 Å². The first kappa shape index (κ1) is 22.1. The molecule has 0 aliphatic carbocycles. The third kappa shape index (κ3) is 8.68. The fourth-order valence-corrected chi connectivity index (χ4v) is 3.01. The van der Waals surface area contributed by atoms with Crippen LogP contribution in [-0.4, -0.2) is 13.0 Å². The molecule has 0 saturated heterocycles. The van der Waals surface area contributed by atoms with Gasteiger partial charge in [0.15, 0.2) is 0 Å². The molecule has 1 atom stereocenters. The summed E-state index contributed by atoms with van der Waals surface area (Å²) in [6.45, 7) is 4.38. The van der Waals surface area contributed by atoms with Gasteiger partial charge >= 0.3 is 29.6 Å². The Morgan fingerprint density at radius 3 is 1.95 bits per heavy atom. The second-order valence-electron chi connectivity index (χ2n) is 5.83. The second-order valence-corrected chi connectivity index (χ2v) is 7.21. The van der Waals surface area contributed by atoms with Gasteiger partial charge in [0.1, 0.15) is 10.1 Å². The maximum absolute atomic E-state index is 10.9. The standard InChI is InChI=1S/C17H28O3S.Na/c1-3-4-5-6-7-8-9-10-15(2)16-11-13-17(14-12-16)21(18,19)20;/h11-15H,3-10H2,1-2H3,(H,18,19,20);/q;+1/p-1. The molecule has 0 aliphatic rings. The molecule has 120 valence electrons. The fourth-order valence-electron chi connectivity index (χ4n) is 2.54. The molecule has 1 aromatic carbocycles. The van der Waals surface area contributed by atoms with Crippen LogP contribution in [0.2, 0.25) is 0 Å². The molecule has 0 heterocycles. The predicted molar refractivity (Wildman–Crippen MR) is 85.4 cm³/mol. The first-order valence-electron chi connectivity index (χ1n) is 8.01. The Balaban J connectivity index is 0.00000441. The molecule has 1 unspecified atom stereocenters. The summed E-state index contributed by atoms with van der Waals surface area (Å²) in [5, 5.41) is 0. The van der Waals surface area contributed by atoms with Gasteiger partial charge in [-0.25, -0.2) is 8.42 Å². The quantitative estimate of drug-likeness (QED) is 0.373. The summed E-state index contributed by atoms with van der Waals surface area (Å²) >= 11 is 0. The van der Waals surface area contributed by atoms with Crippen LogP contribution in [0.15, 0.2) is 29.2 Å².